The summed E-state index contributed by atoms with van der Waals surface area (Å²) in [5.74, 6) is 0.827. The average molecular weight is 253 g/mol. The van der Waals surface area contributed by atoms with Crippen LogP contribution in [0, 0.1) is 5.92 Å². The van der Waals surface area contributed by atoms with Crippen LogP contribution in [0.1, 0.15) is 39.0 Å². The molecule has 0 aliphatic carbocycles. The summed E-state index contributed by atoms with van der Waals surface area (Å²) in [4.78, 5) is 5.06. The minimum atomic E-state index is 0.762. The second-order valence-corrected chi connectivity index (χ2v) is 6.56. The molecule has 3 nitrogen and oxygen atoms in total. The number of nitrogens with zero attached hydrogens (tertiary/aromatic N) is 2. The number of rotatable bonds is 5. The Morgan fingerprint density at radius 1 is 1.22 bits per heavy atom. The van der Waals surface area contributed by atoms with Crippen molar-refractivity contribution in [3.05, 3.63) is 0 Å². The van der Waals surface area contributed by atoms with E-state index in [4.69, 9.17) is 0 Å². The summed E-state index contributed by atoms with van der Waals surface area (Å²) < 4.78 is 0. The van der Waals surface area contributed by atoms with E-state index in [1.165, 1.54) is 58.3 Å². The second kappa shape index (κ2) is 6.88. The molecule has 0 bridgehead atoms. The van der Waals surface area contributed by atoms with Crippen LogP contribution in [0.25, 0.3) is 0 Å². The Morgan fingerprint density at radius 3 is 2.67 bits per heavy atom. The molecule has 18 heavy (non-hydrogen) atoms. The molecule has 0 aromatic heterocycles. The van der Waals surface area contributed by atoms with Crippen LogP contribution in [0.5, 0.6) is 0 Å². The summed E-state index contributed by atoms with van der Waals surface area (Å²) in [7, 11) is 4.44. The number of likely N-dealkylation sites (tertiary alicyclic amines) is 1. The van der Waals surface area contributed by atoms with E-state index in [2.05, 4.69) is 36.1 Å². The van der Waals surface area contributed by atoms with E-state index in [0.717, 1.165) is 18.0 Å². The van der Waals surface area contributed by atoms with Crippen LogP contribution in [-0.4, -0.2) is 62.2 Å². The van der Waals surface area contributed by atoms with Gasteiger partial charge in [-0.2, -0.15) is 0 Å². The fourth-order valence-corrected chi connectivity index (χ4v) is 3.63. The summed E-state index contributed by atoms with van der Waals surface area (Å²) in [6.45, 7) is 7.50. The number of nitrogens with one attached hydrogen (secondary N) is 1. The van der Waals surface area contributed by atoms with E-state index >= 15 is 0 Å². The maximum atomic E-state index is 3.65. The molecular weight excluding hydrogens is 222 g/mol. The molecule has 2 aliphatic heterocycles. The smallest absolute Gasteiger partial charge is 0.0254 e. The summed E-state index contributed by atoms with van der Waals surface area (Å²) >= 11 is 0. The van der Waals surface area contributed by atoms with Crippen molar-refractivity contribution < 1.29 is 0 Å². The zero-order chi connectivity index (χ0) is 13.0. The van der Waals surface area contributed by atoms with Crippen molar-refractivity contribution in [3.63, 3.8) is 0 Å². The van der Waals surface area contributed by atoms with Crippen molar-refractivity contribution >= 4 is 0 Å². The first kappa shape index (κ1) is 14.3. The zero-order valence-electron chi connectivity index (χ0n) is 12.5. The Balaban J connectivity index is 1.62. The minimum absolute atomic E-state index is 0.762. The SMILES string of the molecule is CC1CN(CCCC2CCCCN2)CC1N(C)C. The van der Waals surface area contributed by atoms with Crippen molar-refractivity contribution in [2.45, 2.75) is 51.1 Å². The standard InChI is InChI=1S/C15H31N3/c1-13-11-18(12-15(13)17(2)3)10-6-8-14-7-4-5-9-16-14/h13-16H,4-12H2,1-3H3. The minimum Gasteiger partial charge on any atom is -0.314 e. The number of hydrogen-bond donors (Lipinski definition) is 1. The predicted molar refractivity (Wildman–Crippen MR) is 78.0 cm³/mol. The maximum absolute atomic E-state index is 3.65. The Hall–Kier alpha value is -0.120. The van der Waals surface area contributed by atoms with Crippen molar-refractivity contribution in [1.82, 2.24) is 15.1 Å². The van der Waals surface area contributed by atoms with Crippen molar-refractivity contribution in [1.29, 1.82) is 0 Å². The molecule has 3 atom stereocenters. The Morgan fingerprint density at radius 2 is 2.06 bits per heavy atom. The molecule has 2 rings (SSSR count). The molecule has 2 fully saturated rings. The lowest BCUT2D eigenvalue weighted by Crippen LogP contribution is -2.35. The normalized spacial score (nSPS) is 34.3. The number of hydrogen-bond acceptors (Lipinski definition) is 3. The molecule has 2 saturated heterocycles. The van der Waals surface area contributed by atoms with Crippen LogP contribution in [-0.2, 0) is 0 Å². The highest BCUT2D eigenvalue weighted by Crippen LogP contribution is 2.20. The van der Waals surface area contributed by atoms with Crippen molar-refractivity contribution in [3.8, 4) is 0 Å². The van der Waals surface area contributed by atoms with E-state index in [9.17, 15) is 0 Å². The topological polar surface area (TPSA) is 18.5 Å². The highest BCUT2D eigenvalue weighted by atomic mass is 15.2. The van der Waals surface area contributed by atoms with Gasteiger partial charge in [0.1, 0.15) is 0 Å². The van der Waals surface area contributed by atoms with Gasteiger partial charge < -0.3 is 15.1 Å². The van der Waals surface area contributed by atoms with Crippen LogP contribution >= 0.6 is 0 Å². The van der Waals surface area contributed by atoms with Crippen LogP contribution < -0.4 is 5.32 Å². The number of likely N-dealkylation sites (N-methyl/N-ethyl adjacent to an activating group) is 1. The average Bonchev–Trinajstić information content (AvgIpc) is 2.72. The summed E-state index contributed by atoms with van der Waals surface area (Å²) in [6, 6.07) is 1.57. The quantitative estimate of drug-likeness (QED) is 0.806. The van der Waals surface area contributed by atoms with Gasteiger partial charge in [-0.25, -0.2) is 0 Å². The largest absolute Gasteiger partial charge is 0.314 e. The fraction of sp³-hybridized carbons (Fsp3) is 1.00. The van der Waals surface area contributed by atoms with Gasteiger partial charge in [0.25, 0.3) is 0 Å². The first-order chi connectivity index (χ1) is 8.66. The third kappa shape index (κ3) is 3.94. The molecule has 0 radical (unpaired) electrons. The predicted octanol–water partition coefficient (Wildman–Crippen LogP) is 1.79. The van der Waals surface area contributed by atoms with E-state index in [0.29, 0.717) is 0 Å². The molecule has 106 valence electrons. The highest BCUT2D eigenvalue weighted by Gasteiger charge is 2.30. The monoisotopic (exact) mass is 253 g/mol. The van der Waals surface area contributed by atoms with Crippen molar-refractivity contribution in [2.75, 3.05) is 40.3 Å². The van der Waals surface area contributed by atoms with Gasteiger partial charge in [-0.05, 0) is 58.8 Å². The molecule has 0 amide bonds. The molecule has 2 aliphatic rings. The van der Waals surface area contributed by atoms with E-state index in [1.807, 2.05) is 0 Å². The second-order valence-electron chi connectivity index (χ2n) is 6.56. The van der Waals surface area contributed by atoms with Crippen LogP contribution in [0.2, 0.25) is 0 Å². The molecule has 0 saturated carbocycles. The molecule has 0 aromatic carbocycles. The molecule has 3 unspecified atom stereocenters. The Bertz CT molecular complexity index is 236. The molecule has 1 N–H and O–H groups in total. The lowest BCUT2D eigenvalue weighted by molar-refractivity contribution is 0.248. The van der Waals surface area contributed by atoms with Gasteiger partial charge in [0, 0.05) is 25.2 Å². The maximum Gasteiger partial charge on any atom is 0.0254 e. The Kier molecular flexibility index (Phi) is 5.46. The van der Waals surface area contributed by atoms with Crippen LogP contribution in [0.3, 0.4) is 0 Å². The van der Waals surface area contributed by atoms with Gasteiger partial charge in [0.15, 0.2) is 0 Å². The third-order valence-electron chi connectivity index (χ3n) is 4.75. The van der Waals surface area contributed by atoms with Gasteiger partial charge in [-0.1, -0.05) is 13.3 Å². The first-order valence-electron chi connectivity index (χ1n) is 7.79. The fourth-order valence-electron chi connectivity index (χ4n) is 3.63. The van der Waals surface area contributed by atoms with E-state index in [1.54, 1.807) is 0 Å². The van der Waals surface area contributed by atoms with Gasteiger partial charge in [-0.3, -0.25) is 0 Å². The highest BCUT2D eigenvalue weighted by molar-refractivity contribution is 4.86. The molecule has 2 heterocycles. The van der Waals surface area contributed by atoms with Crippen molar-refractivity contribution in [2.24, 2.45) is 5.92 Å². The zero-order valence-corrected chi connectivity index (χ0v) is 12.5. The van der Waals surface area contributed by atoms with Gasteiger partial charge in [0.05, 0.1) is 0 Å². The molecule has 0 spiro atoms. The lowest BCUT2D eigenvalue weighted by atomic mass is 10.0. The molecule has 3 heteroatoms. The lowest BCUT2D eigenvalue weighted by Gasteiger charge is -2.25. The van der Waals surface area contributed by atoms with Gasteiger partial charge >= 0.3 is 0 Å². The third-order valence-corrected chi connectivity index (χ3v) is 4.75. The molecule has 0 aromatic rings. The van der Waals surface area contributed by atoms with Gasteiger partial charge in [0.2, 0.25) is 0 Å². The summed E-state index contributed by atoms with van der Waals surface area (Å²) in [6.07, 6.45) is 6.95. The van der Waals surface area contributed by atoms with Gasteiger partial charge in [-0.15, -0.1) is 0 Å². The Labute approximate surface area is 113 Å². The van der Waals surface area contributed by atoms with E-state index in [-0.39, 0.29) is 0 Å². The van der Waals surface area contributed by atoms with Crippen LogP contribution in [0.15, 0.2) is 0 Å². The number of piperidine rings is 1. The molecular formula is C15H31N3. The first-order valence-corrected chi connectivity index (χ1v) is 7.79. The van der Waals surface area contributed by atoms with Crippen LogP contribution in [0.4, 0.5) is 0 Å². The summed E-state index contributed by atoms with van der Waals surface area (Å²) in [5.41, 5.74) is 0. The summed E-state index contributed by atoms with van der Waals surface area (Å²) in [5, 5.41) is 3.65. The van der Waals surface area contributed by atoms with E-state index < -0.39 is 0 Å².